The molecule has 0 atom stereocenters. The monoisotopic (exact) mass is 249 g/mol. The summed E-state index contributed by atoms with van der Waals surface area (Å²) in [7, 11) is 0. The number of hydrogen-bond acceptors (Lipinski definition) is 6. The summed E-state index contributed by atoms with van der Waals surface area (Å²) in [6.45, 7) is 2.05. The van der Waals surface area contributed by atoms with Gasteiger partial charge in [0.2, 0.25) is 11.0 Å². The van der Waals surface area contributed by atoms with Gasteiger partial charge in [-0.1, -0.05) is 30.0 Å². The smallest absolute Gasteiger partial charge is 0.236 e. The van der Waals surface area contributed by atoms with E-state index >= 15 is 0 Å². The maximum Gasteiger partial charge on any atom is 0.236 e. The highest BCUT2D eigenvalue weighted by Gasteiger charge is 2.06. The first kappa shape index (κ1) is 11.8. The molecule has 1 N–H and O–H groups in total. The highest BCUT2D eigenvalue weighted by molar-refractivity contribution is 8.01. The van der Waals surface area contributed by atoms with E-state index in [1.807, 2.05) is 6.26 Å². The molecular weight excluding hydrogens is 238 g/mol. The van der Waals surface area contributed by atoms with Gasteiger partial charge in [0, 0.05) is 0 Å². The van der Waals surface area contributed by atoms with Crippen molar-refractivity contribution in [2.45, 2.75) is 11.3 Å². The van der Waals surface area contributed by atoms with Gasteiger partial charge in [-0.15, -0.1) is 10.2 Å². The average Bonchev–Trinajstić information content (AvgIpc) is 2.53. The summed E-state index contributed by atoms with van der Waals surface area (Å²) in [4.78, 5) is 11.2. The molecular formula is C7H11N3OS3. The van der Waals surface area contributed by atoms with Crippen LogP contribution in [0.2, 0.25) is 0 Å². The standard InChI is InChI=1S/C7H11N3OS3/c1-3-13-7-10-9-6(14-7)8-5(11)4-12-2/h3-4H2,1-2H3,(H,8,9,11). The minimum Gasteiger partial charge on any atom is -0.300 e. The summed E-state index contributed by atoms with van der Waals surface area (Å²) < 4.78 is 0.895. The molecule has 0 saturated carbocycles. The van der Waals surface area contributed by atoms with E-state index in [-0.39, 0.29) is 5.91 Å². The van der Waals surface area contributed by atoms with Gasteiger partial charge >= 0.3 is 0 Å². The molecule has 0 radical (unpaired) electrons. The second-order valence-corrected chi connectivity index (χ2v) is 5.64. The Kier molecular flexibility index (Phi) is 5.28. The second kappa shape index (κ2) is 6.26. The maximum absolute atomic E-state index is 11.2. The molecule has 0 aliphatic carbocycles. The van der Waals surface area contributed by atoms with Crippen LogP contribution in [0.5, 0.6) is 0 Å². The van der Waals surface area contributed by atoms with Crippen molar-refractivity contribution in [3.63, 3.8) is 0 Å². The third-order valence-electron chi connectivity index (χ3n) is 1.20. The summed E-state index contributed by atoms with van der Waals surface area (Å²) in [6, 6.07) is 0. The number of hydrogen-bond donors (Lipinski definition) is 1. The van der Waals surface area contributed by atoms with E-state index in [1.54, 1.807) is 11.8 Å². The first-order valence-electron chi connectivity index (χ1n) is 4.01. The van der Waals surface area contributed by atoms with Crippen LogP contribution in [0.3, 0.4) is 0 Å². The van der Waals surface area contributed by atoms with Gasteiger partial charge < -0.3 is 0 Å². The van der Waals surface area contributed by atoms with E-state index in [9.17, 15) is 4.79 Å². The van der Waals surface area contributed by atoms with Gasteiger partial charge in [-0.2, -0.15) is 11.8 Å². The van der Waals surface area contributed by atoms with Gasteiger partial charge in [-0.05, 0) is 12.0 Å². The number of aromatic nitrogens is 2. The lowest BCUT2D eigenvalue weighted by Crippen LogP contribution is -2.13. The molecule has 78 valence electrons. The lowest BCUT2D eigenvalue weighted by Gasteiger charge is -1.96. The molecule has 1 aromatic heterocycles. The van der Waals surface area contributed by atoms with Gasteiger partial charge in [0.15, 0.2) is 4.34 Å². The average molecular weight is 249 g/mol. The molecule has 1 aromatic rings. The Bertz CT molecular complexity index is 302. The summed E-state index contributed by atoms with van der Waals surface area (Å²) in [6.07, 6.45) is 1.89. The molecule has 1 rings (SSSR count). The molecule has 4 nitrogen and oxygen atoms in total. The van der Waals surface area contributed by atoms with Gasteiger partial charge in [0.25, 0.3) is 0 Å². The molecule has 0 fully saturated rings. The van der Waals surface area contributed by atoms with E-state index < -0.39 is 0 Å². The molecule has 0 saturated heterocycles. The molecule has 0 unspecified atom stereocenters. The van der Waals surface area contributed by atoms with Crippen molar-refractivity contribution in [2.75, 3.05) is 23.1 Å². The van der Waals surface area contributed by atoms with E-state index in [2.05, 4.69) is 22.4 Å². The predicted octanol–water partition coefficient (Wildman–Crippen LogP) is 1.95. The predicted molar refractivity (Wildman–Crippen MR) is 63.3 cm³/mol. The molecule has 0 aliphatic rings. The number of carbonyl (C=O) groups is 1. The van der Waals surface area contributed by atoms with Crippen LogP contribution in [-0.2, 0) is 4.79 Å². The zero-order valence-electron chi connectivity index (χ0n) is 7.94. The Hall–Kier alpha value is -0.270. The number of rotatable bonds is 5. The highest BCUT2D eigenvalue weighted by atomic mass is 32.2. The molecule has 0 aliphatic heterocycles. The molecule has 14 heavy (non-hydrogen) atoms. The minimum absolute atomic E-state index is 0.0262. The van der Waals surface area contributed by atoms with Crippen LogP contribution in [0.25, 0.3) is 0 Å². The zero-order valence-corrected chi connectivity index (χ0v) is 10.4. The first-order chi connectivity index (χ1) is 6.76. The zero-order chi connectivity index (χ0) is 10.4. The van der Waals surface area contributed by atoms with Crippen LogP contribution in [-0.4, -0.2) is 33.9 Å². The Balaban J connectivity index is 2.46. The van der Waals surface area contributed by atoms with Crippen LogP contribution in [0.1, 0.15) is 6.92 Å². The number of nitrogens with zero attached hydrogens (tertiary/aromatic N) is 2. The third kappa shape index (κ3) is 3.85. The molecule has 1 heterocycles. The van der Waals surface area contributed by atoms with Gasteiger partial charge in [0.05, 0.1) is 5.75 Å². The normalized spacial score (nSPS) is 10.1. The number of amides is 1. The number of anilines is 1. The number of nitrogens with one attached hydrogen (secondary N) is 1. The van der Waals surface area contributed by atoms with E-state index in [4.69, 9.17) is 0 Å². The van der Waals surface area contributed by atoms with Crippen molar-refractivity contribution >= 4 is 45.9 Å². The molecule has 0 aromatic carbocycles. The second-order valence-electron chi connectivity index (χ2n) is 2.29. The van der Waals surface area contributed by atoms with Crippen molar-refractivity contribution in [1.82, 2.24) is 10.2 Å². The maximum atomic E-state index is 11.2. The van der Waals surface area contributed by atoms with Crippen LogP contribution in [0.4, 0.5) is 5.13 Å². The summed E-state index contributed by atoms with van der Waals surface area (Å²) >= 11 is 4.52. The number of thioether (sulfide) groups is 2. The Morgan fingerprint density at radius 1 is 1.57 bits per heavy atom. The van der Waals surface area contributed by atoms with Crippen molar-refractivity contribution < 1.29 is 4.79 Å². The number of carbonyl (C=O) groups excluding carboxylic acids is 1. The Labute approximate surface area is 95.3 Å². The topological polar surface area (TPSA) is 54.9 Å². The quantitative estimate of drug-likeness (QED) is 0.638. The van der Waals surface area contributed by atoms with E-state index in [1.165, 1.54) is 23.1 Å². The van der Waals surface area contributed by atoms with E-state index in [0.29, 0.717) is 10.9 Å². The molecule has 0 bridgehead atoms. The van der Waals surface area contributed by atoms with Crippen LogP contribution in [0, 0.1) is 0 Å². The fourth-order valence-electron chi connectivity index (χ4n) is 0.729. The van der Waals surface area contributed by atoms with Gasteiger partial charge in [-0.3, -0.25) is 10.1 Å². The van der Waals surface area contributed by atoms with Crippen molar-refractivity contribution in [3.05, 3.63) is 0 Å². The fraction of sp³-hybridized carbons (Fsp3) is 0.571. The van der Waals surface area contributed by atoms with Gasteiger partial charge in [-0.25, -0.2) is 0 Å². The Morgan fingerprint density at radius 2 is 2.36 bits per heavy atom. The molecule has 1 amide bonds. The summed E-state index contributed by atoms with van der Waals surface area (Å²) in [5.74, 6) is 1.39. The third-order valence-corrected chi connectivity index (χ3v) is 3.60. The van der Waals surface area contributed by atoms with Crippen LogP contribution in [0.15, 0.2) is 4.34 Å². The molecule has 7 heteroatoms. The largest absolute Gasteiger partial charge is 0.300 e. The van der Waals surface area contributed by atoms with Gasteiger partial charge in [0.1, 0.15) is 0 Å². The summed E-state index contributed by atoms with van der Waals surface area (Å²) in [5, 5.41) is 11.1. The molecule has 0 spiro atoms. The Morgan fingerprint density at radius 3 is 3.00 bits per heavy atom. The highest BCUT2D eigenvalue weighted by Crippen LogP contribution is 2.24. The van der Waals surface area contributed by atoms with Crippen molar-refractivity contribution in [3.8, 4) is 0 Å². The lowest BCUT2D eigenvalue weighted by atomic mass is 10.7. The van der Waals surface area contributed by atoms with Crippen molar-refractivity contribution in [1.29, 1.82) is 0 Å². The first-order valence-corrected chi connectivity index (χ1v) is 7.21. The SMILES string of the molecule is CCSc1nnc(NC(=O)CSC)s1. The van der Waals surface area contributed by atoms with Crippen LogP contribution >= 0.6 is 34.9 Å². The minimum atomic E-state index is -0.0262. The van der Waals surface area contributed by atoms with Crippen molar-refractivity contribution in [2.24, 2.45) is 0 Å². The summed E-state index contributed by atoms with van der Waals surface area (Å²) in [5.41, 5.74) is 0. The van der Waals surface area contributed by atoms with E-state index in [0.717, 1.165) is 10.1 Å². The lowest BCUT2D eigenvalue weighted by molar-refractivity contribution is -0.113. The fourth-order valence-corrected chi connectivity index (χ4v) is 2.73. The van der Waals surface area contributed by atoms with Crippen LogP contribution < -0.4 is 5.32 Å².